The molecule has 0 spiro atoms. The zero-order chi connectivity index (χ0) is 16.0. The van der Waals surface area contributed by atoms with Crippen molar-refractivity contribution in [2.75, 3.05) is 13.2 Å². The molecule has 0 bridgehead atoms. The quantitative estimate of drug-likeness (QED) is 0.759. The van der Waals surface area contributed by atoms with Crippen molar-refractivity contribution in [3.8, 4) is 0 Å². The number of rotatable bonds is 7. The molecule has 0 saturated heterocycles. The second-order valence-electron chi connectivity index (χ2n) is 5.81. The minimum atomic E-state index is -0.257. The maximum Gasteiger partial charge on any atom is 0.251 e. The van der Waals surface area contributed by atoms with E-state index in [-0.39, 0.29) is 23.8 Å². The number of hydrogen-bond donors (Lipinski definition) is 2. The van der Waals surface area contributed by atoms with Gasteiger partial charge in [0.05, 0.1) is 6.61 Å². The van der Waals surface area contributed by atoms with Crippen LogP contribution in [0.25, 0.3) is 0 Å². The average Bonchev–Trinajstić information content (AvgIpc) is 2.48. The predicted molar refractivity (Wildman–Crippen MR) is 85.8 cm³/mol. The molecule has 1 aromatic heterocycles. The summed E-state index contributed by atoms with van der Waals surface area (Å²) in [5, 5.41) is 12.8. The lowest BCUT2D eigenvalue weighted by Gasteiger charge is -2.29. The lowest BCUT2D eigenvalue weighted by atomic mass is 9.83. The predicted octanol–water partition coefficient (Wildman–Crippen LogP) is 3.39. The normalized spacial score (nSPS) is 11.8. The van der Waals surface area contributed by atoms with Crippen LogP contribution in [0.3, 0.4) is 0 Å². The highest BCUT2D eigenvalue weighted by Crippen LogP contribution is 2.24. The molecule has 5 heteroatoms. The van der Waals surface area contributed by atoms with Crippen molar-refractivity contribution in [1.82, 2.24) is 10.3 Å². The lowest BCUT2D eigenvalue weighted by molar-refractivity contribution is 0.0851. The molecule has 2 N–H and O–H groups in total. The van der Waals surface area contributed by atoms with E-state index >= 15 is 0 Å². The van der Waals surface area contributed by atoms with Gasteiger partial charge in [-0.25, -0.2) is 4.98 Å². The number of amides is 1. The van der Waals surface area contributed by atoms with Gasteiger partial charge in [0.2, 0.25) is 0 Å². The molecule has 21 heavy (non-hydrogen) atoms. The van der Waals surface area contributed by atoms with Crippen molar-refractivity contribution >= 4 is 17.5 Å². The van der Waals surface area contributed by atoms with Crippen LogP contribution in [0.15, 0.2) is 12.1 Å². The van der Waals surface area contributed by atoms with Gasteiger partial charge < -0.3 is 10.4 Å². The summed E-state index contributed by atoms with van der Waals surface area (Å²) in [6.45, 7) is 8.57. The standard InChI is InChI=1S/C16H25ClN2O2/c1-5-16(6-2,10-20)9-18-15(21)12-7-13(11(3)4)19-14(17)8-12/h7-8,11,20H,5-6,9-10H2,1-4H3,(H,18,21). The van der Waals surface area contributed by atoms with Crippen LogP contribution >= 0.6 is 11.6 Å². The molecule has 0 unspecified atom stereocenters. The van der Waals surface area contributed by atoms with Crippen LogP contribution in [-0.2, 0) is 0 Å². The van der Waals surface area contributed by atoms with E-state index in [0.717, 1.165) is 18.5 Å². The zero-order valence-corrected chi connectivity index (χ0v) is 14.0. The van der Waals surface area contributed by atoms with Crippen LogP contribution in [0.5, 0.6) is 0 Å². The Morgan fingerprint density at radius 3 is 2.48 bits per heavy atom. The molecule has 4 nitrogen and oxygen atoms in total. The highest BCUT2D eigenvalue weighted by Gasteiger charge is 2.26. The van der Waals surface area contributed by atoms with Crippen LogP contribution in [0.2, 0.25) is 5.15 Å². The van der Waals surface area contributed by atoms with Gasteiger partial charge in [0, 0.05) is 23.2 Å². The third-order valence-electron chi connectivity index (χ3n) is 4.13. The van der Waals surface area contributed by atoms with E-state index in [2.05, 4.69) is 10.3 Å². The van der Waals surface area contributed by atoms with Crippen LogP contribution in [0.4, 0.5) is 0 Å². The van der Waals surface area contributed by atoms with Gasteiger partial charge in [-0.15, -0.1) is 0 Å². The summed E-state index contributed by atoms with van der Waals surface area (Å²) in [6, 6.07) is 3.34. The molecule has 0 fully saturated rings. The third-order valence-corrected chi connectivity index (χ3v) is 4.32. The van der Waals surface area contributed by atoms with Crippen LogP contribution in [0.1, 0.15) is 62.5 Å². The molecule has 0 saturated carbocycles. The second kappa shape index (κ2) is 7.76. The monoisotopic (exact) mass is 312 g/mol. The molecular weight excluding hydrogens is 288 g/mol. The Hall–Kier alpha value is -1.13. The number of carbonyl (C=O) groups is 1. The van der Waals surface area contributed by atoms with Crippen molar-refractivity contribution in [2.24, 2.45) is 5.41 Å². The van der Waals surface area contributed by atoms with Gasteiger partial charge in [0.1, 0.15) is 5.15 Å². The van der Waals surface area contributed by atoms with E-state index in [1.807, 2.05) is 27.7 Å². The number of halogens is 1. The van der Waals surface area contributed by atoms with Crippen molar-refractivity contribution in [1.29, 1.82) is 0 Å². The Morgan fingerprint density at radius 2 is 2.00 bits per heavy atom. The number of nitrogens with zero attached hydrogens (tertiary/aromatic N) is 1. The summed E-state index contributed by atoms with van der Waals surface area (Å²) in [7, 11) is 0. The summed E-state index contributed by atoms with van der Waals surface area (Å²) in [5.74, 6) is 0.0268. The van der Waals surface area contributed by atoms with Gasteiger partial charge in [0.15, 0.2) is 0 Å². The van der Waals surface area contributed by atoms with Gasteiger partial charge in [-0.05, 0) is 30.9 Å². The minimum Gasteiger partial charge on any atom is -0.396 e. The maximum absolute atomic E-state index is 12.3. The average molecular weight is 313 g/mol. The number of aliphatic hydroxyl groups is 1. The Labute approximate surface area is 131 Å². The number of pyridine rings is 1. The lowest BCUT2D eigenvalue weighted by Crippen LogP contribution is -2.39. The van der Waals surface area contributed by atoms with E-state index in [1.165, 1.54) is 0 Å². The number of nitrogens with one attached hydrogen (secondary N) is 1. The third kappa shape index (κ3) is 4.68. The van der Waals surface area contributed by atoms with Crippen LogP contribution < -0.4 is 5.32 Å². The molecule has 1 rings (SSSR count). The summed E-state index contributed by atoms with van der Waals surface area (Å²) in [6.07, 6.45) is 1.63. The second-order valence-corrected chi connectivity index (χ2v) is 6.19. The molecule has 0 aliphatic heterocycles. The molecule has 118 valence electrons. The largest absolute Gasteiger partial charge is 0.396 e. The fourth-order valence-corrected chi connectivity index (χ4v) is 2.31. The van der Waals surface area contributed by atoms with Crippen molar-refractivity contribution in [3.63, 3.8) is 0 Å². The number of aliphatic hydroxyl groups excluding tert-OH is 1. The van der Waals surface area contributed by atoms with E-state index in [0.29, 0.717) is 17.3 Å². The van der Waals surface area contributed by atoms with Gasteiger partial charge in [-0.3, -0.25) is 4.79 Å². The first kappa shape index (κ1) is 17.9. The molecule has 1 amide bonds. The fourth-order valence-electron chi connectivity index (χ4n) is 2.09. The molecule has 0 aromatic carbocycles. The van der Waals surface area contributed by atoms with Crippen molar-refractivity contribution in [3.05, 3.63) is 28.5 Å². The van der Waals surface area contributed by atoms with E-state index in [9.17, 15) is 9.90 Å². The van der Waals surface area contributed by atoms with E-state index < -0.39 is 0 Å². The van der Waals surface area contributed by atoms with Crippen molar-refractivity contribution < 1.29 is 9.90 Å². The molecule has 0 atom stereocenters. The highest BCUT2D eigenvalue weighted by atomic mass is 35.5. The van der Waals surface area contributed by atoms with E-state index in [4.69, 9.17) is 11.6 Å². The first-order valence-electron chi connectivity index (χ1n) is 7.44. The summed E-state index contributed by atoms with van der Waals surface area (Å²) in [4.78, 5) is 16.5. The van der Waals surface area contributed by atoms with Gasteiger partial charge in [0.25, 0.3) is 5.91 Å². The van der Waals surface area contributed by atoms with Crippen molar-refractivity contribution in [2.45, 2.75) is 46.5 Å². The first-order chi connectivity index (χ1) is 9.87. The summed E-state index contributed by atoms with van der Waals surface area (Å²) < 4.78 is 0. The number of aromatic nitrogens is 1. The molecule has 1 heterocycles. The molecular formula is C16H25ClN2O2. The Balaban J connectivity index is 2.85. The Kier molecular flexibility index (Phi) is 6.62. The topological polar surface area (TPSA) is 62.2 Å². The fraction of sp³-hybridized carbons (Fsp3) is 0.625. The van der Waals surface area contributed by atoms with Gasteiger partial charge in [-0.2, -0.15) is 0 Å². The molecule has 0 aliphatic carbocycles. The summed E-state index contributed by atoms with van der Waals surface area (Å²) in [5.41, 5.74) is 1.05. The number of hydrogen-bond acceptors (Lipinski definition) is 3. The Morgan fingerprint density at radius 1 is 1.38 bits per heavy atom. The molecule has 1 aromatic rings. The molecule has 0 radical (unpaired) electrons. The van der Waals surface area contributed by atoms with E-state index in [1.54, 1.807) is 12.1 Å². The maximum atomic E-state index is 12.3. The highest BCUT2D eigenvalue weighted by molar-refractivity contribution is 6.29. The van der Waals surface area contributed by atoms with Crippen LogP contribution in [-0.4, -0.2) is 29.1 Å². The first-order valence-corrected chi connectivity index (χ1v) is 7.81. The SMILES string of the molecule is CCC(CC)(CO)CNC(=O)c1cc(Cl)nc(C(C)C)c1. The zero-order valence-electron chi connectivity index (χ0n) is 13.2. The van der Waals surface area contributed by atoms with Gasteiger partial charge >= 0.3 is 0 Å². The Bertz CT molecular complexity index is 477. The van der Waals surface area contributed by atoms with Gasteiger partial charge in [-0.1, -0.05) is 39.3 Å². The smallest absolute Gasteiger partial charge is 0.251 e. The minimum absolute atomic E-state index is 0.0641. The molecule has 0 aliphatic rings. The summed E-state index contributed by atoms with van der Waals surface area (Å²) >= 11 is 5.98. The number of carbonyl (C=O) groups excluding carboxylic acids is 1. The van der Waals surface area contributed by atoms with Crippen LogP contribution in [0, 0.1) is 5.41 Å².